The van der Waals surface area contributed by atoms with Crippen molar-refractivity contribution in [2.45, 2.75) is 6.04 Å². The van der Waals surface area contributed by atoms with Gasteiger partial charge in [0.2, 0.25) is 0 Å². The highest BCUT2D eigenvalue weighted by Gasteiger charge is 2.26. The van der Waals surface area contributed by atoms with Crippen LogP contribution < -0.4 is 11.5 Å². The van der Waals surface area contributed by atoms with E-state index in [0.29, 0.717) is 15.3 Å². The number of hydrogen-bond acceptors (Lipinski definition) is 8. The molecule has 82 valence electrons. The highest BCUT2D eigenvalue weighted by atomic mass is 32.2. The van der Waals surface area contributed by atoms with Gasteiger partial charge in [-0.25, -0.2) is 9.59 Å². The average Bonchev–Trinajstić information content (AvgIpc) is 2.55. The van der Waals surface area contributed by atoms with Crippen molar-refractivity contribution in [2.24, 2.45) is 0 Å². The fourth-order valence-electron chi connectivity index (χ4n) is 0.745. The molecule has 0 radical (unpaired) electrons. The number of ether oxygens (including phenoxy) is 1. The van der Waals surface area contributed by atoms with Crippen molar-refractivity contribution in [3.05, 3.63) is 0 Å². The normalized spacial score (nSPS) is 19.7. The maximum absolute atomic E-state index is 11.1. The minimum absolute atomic E-state index is 0. The molecule has 1 aliphatic rings. The van der Waals surface area contributed by atoms with Crippen LogP contribution in [0.15, 0.2) is 0 Å². The van der Waals surface area contributed by atoms with Gasteiger partial charge in [0.25, 0.3) is 0 Å². The van der Waals surface area contributed by atoms with Crippen molar-refractivity contribution in [2.75, 3.05) is 11.6 Å². The second kappa shape index (κ2) is 6.40. The molecule has 0 aromatic rings. The zero-order valence-corrected chi connectivity index (χ0v) is 9.78. The molecule has 1 fully saturated rings. The van der Waals surface area contributed by atoms with E-state index in [4.69, 9.17) is 0 Å². The average molecular weight is 257 g/mol. The van der Waals surface area contributed by atoms with E-state index in [1.54, 1.807) is 11.8 Å². The first-order valence-electron chi connectivity index (χ1n) is 3.36. The Bertz CT molecular complexity index is 220. The van der Waals surface area contributed by atoms with Crippen LogP contribution in [0.4, 0.5) is 4.79 Å². The molecule has 1 amide bonds. The van der Waals surface area contributed by atoms with E-state index in [9.17, 15) is 9.59 Å². The van der Waals surface area contributed by atoms with Crippen LogP contribution >= 0.6 is 37.4 Å². The third-order valence-corrected chi connectivity index (χ3v) is 2.62. The Morgan fingerprint density at radius 1 is 1.50 bits per heavy atom. The fourth-order valence-corrected chi connectivity index (χ4v) is 1.75. The van der Waals surface area contributed by atoms with Crippen molar-refractivity contribution in [3.63, 3.8) is 0 Å². The first kappa shape index (κ1) is 13.9. The molecule has 0 spiro atoms. The molecular formula is C5H11N3O3S3. The van der Waals surface area contributed by atoms with Gasteiger partial charge in [0, 0.05) is 11.6 Å². The SMILES string of the molecule is N.O=C(OC(=O)N(S)S)C1CSCN1. The zero-order chi connectivity index (χ0) is 9.84. The van der Waals surface area contributed by atoms with E-state index in [1.165, 1.54) is 0 Å². The number of amides is 1. The number of hydrogen-bond donors (Lipinski definition) is 4. The first-order valence-corrected chi connectivity index (χ1v) is 5.31. The molecule has 0 aromatic carbocycles. The lowest BCUT2D eigenvalue weighted by Gasteiger charge is -2.10. The van der Waals surface area contributed by atoms with E-state index in [2.05, 4.69) is 35.7 Å². The van der Waals surface area contributed by atoms with Gasteiger partial charge >= 0.3 is 12.1 Å². The van der Waals surface area contributed by atoms with Gasteiger partial charge in [0.05, 0.1) is 0 Å². The summed E-state index contributed by atoms with van der Waals surface area (Å²) in [5, 5.41) is 2.87. The largest absolute Gasteiger partial charge is 0.437 e. The second-order valence-corrected chi connectivity index (χ2v) is 4.39. The van der Waals surface area contributed by atoms with Crippen LogP contribution in [0.25, 0.3) is 0 Å². The van der Waals surface area contributed by atoms with Gasteiger partial charge in [-0.1, -0.05) is 0 Å². The van der Waals surface area contributed by atoms with Crippen molar-refractivity contribution in [3.8, 4) is 0 Å². The van der Waals surface area contributed by atoms with E-state index in [-0.39, 0.29) is 6.15 Å². The van der Waals surface area contributed by atoms with Crippen LogP contribution in [0.2, 0.25) is 0 Å². The number of esters is 1. The molecule has 1 unspecified atom stereocenters. The lowest BCUT2D eigenvalue weighted by Crippen LogP contribution is -2.36. The Kier molecular flexibility index (Phi) is 6.36. The zero-order valence-electron chi connectivity index (χ0n) is 7.17. The highest BCUT2D eigenvalue weighted by Crippen LogP contribution is 2.11. The van der Waals surface area contributed by atoms with Gasteiger partial charge < -0.3 is 10.9 Å². The summed E-state index contributed by atoms with van der Waals surface area (Å²) in [6.07, 6.45) is -0.893. The summed E-state index contributed by atoms with van der Waals surface area (Å²) in [5.41, 5.74) is 0. The molecule has 1 heterocycles. The standard InChI is InChI=1S/C5H8N2O3S3.H3N/c8-4(3-1-13-2-6-3)10-5(9)7(11)12;/h3,6,11-12H,1-2H2;1H3. The van der Waals surface area contributed by atoms with E-state index in [1.807, 2.05) is 0 Å². The molecule has 1 rings (SSSR count). The number of nitrogens with zero attached hydrogens (tertiary/aromatic N) is 1. The molecule has 1 aliphatic heterocycles. The smallest absolute Gasteiger partial charge is 0.374 e. The predicted molar refractivity (Wildman–Crippen MR) is 60.6 cm³/mol. The summed E-state index contributed by atoms with van der Waals surface area (Å²) in [5.74, 6) is 0.716. The summed E-state index contributed by atoms with van der Waals surface area (Å²) < 4.78 is 5.03. The Hall–Kier alpha value is -0.0900. The van der Waals surface area contributed by atoms with Gasteiger partial charge in [-0.3, -0.25) is 5.32 Å². The van der Waals surface area contributed by atoms with Gasteiger partial charge in [0.15, 0.2) is 0 Å². The fraction of sp³-hybridized carbons (Fsp3) is 0.600. The summed E-state index contributed by atoms with van der Waals surface area (Å²) in [7, 11) is 0. The molecule has 9 heteroatoms. The summed E-state index contributed by atoms with van der Waals surface area (Å²) in [6.45, 7) is 0. The minimum atomic E-state index is -0.893. The number of carbonyl (C=O) groups is 2. The molecule has 0 aromatic heterocycles. The third kappa shape index (κ3) is 3.96. The van der Waals surface area contributed by atoms with Crippen molar-refractivity contribution in [1.82, 2.24) is 15.2 Å². The minimum Gasteiger partial charge on any atom is -0.374 e. The number of nitrogens with one attached hydrogen (secondary N) is 1. The summed E-state index contributed by atoms with van der Waals surface area (Å²) in [6, 6.07) is -0.407. The number of thioether (sulfide) groups is 1. The lowest BCUT2D eigenvalue weighted by molar-refractivity contribution is -0.139. The van der Waals surface area contributed by atoms with Crippen LogP contribution in [-0.4, -0.2) is 33.4 Å². The number of carbonyl (C=O) groups excluding carboxylic acids is 2. The Morgan fingerprint density at radius 3 is 2.57 bits per heavy atom. The topological polar surface area (TPSA) is 93.6 Å². The molecule has 0 saturated carbocycles. The van der Waals surface area contributed by atoms with Gasteiger partial charge in [0.1, 0.15) is 6.04 Å². The third-order valence-electron chi connectivity index (χ3n) is 1.35. The molecule has 1 saturated heterocycles. The van der Waals surface area contributed by atoms with Crippen molar-refractivity contribution in [1.29, 1.82) is 0 Å². The van der Waals surface area contributed by atoms with E-state index >= 15 is 0 Å². The Balaban J connectivity index is 0.00000169. The quantitative estimate of drug-likeness (QED) is 0.310. The molecule has 1 atom stereocenters. The van der Waals surface area contributed by atoms with Gasteiger partial charge in [-0.05, 0) is 25.6 Å². The Labute approximate surface area is 96.8 Å². The predicted octanol–water partition coefficient (Wildman–Crippen LogP) is 0.466. The van der Waals surface area contributed by atoms with Crippen LogP contribution in [0.5, 0.6) is 0 Å². The van der Waals surface area contributed by atoms with Gasteiger partial charge in [-0.15, -0.1) is 11.8 Å². The molecule has 0 aliphatic carbocycles. The summed E-state index contributed by atoms with van der Waals surface area (Å²) in [4.78, 5) is 22.0. The van der Waals surface area contributed by atoms with Crippen LogP contribution in [0.3, 0.4) is 0 Å². The first-order chi connectivity index (χ1) is 6.11. The van der Waals surface area contributed by atoms with Crippen molar-refractivity contribution < 1.29 is 14.3 Å². The van der Waals surface area contributed by atoms with Gasteiger partial charge in [-0.2, -0.15) is 3.71 Å². The molecule has 0 bridgehead atoms. The van der Waals surface area contributed by atoms with Crippen LogP contribution in [0, 0.1) is 0 Å². The molecule has 14 heavy (non-hydrogen) atoms. The van der Waals surface area contributed by atoms with E-state index < -0.39 is 18.1 Å². The molecular weight excluding hydrogens is 246 g/mol. The highest BCUT2D eigenvalue weighted by molar-refractivity contribution is 7.99. The maximum Gasteiger partial charge on any atom is 0.437 e. The maximum atomic E-state index is 11.1. The number of rotatable bonds is 1. The van der Waals surface area contributed by atoms with E-state index in [0.717, 1.165) is 0 Å². The monoisotopic (exact) mass is 257 g/mol. The van der Waals surface area contributed by atoms with Crippen LogP contribution in [0.1, 0.15) is 0 Å². The summed E-state index contributed by atoms with van der Waals surface area (Å²) >= 11 is 8.68. The second-order valence-electron chi connectivity index (χ2n) is 2.25. The number of thiol groups is 2. The molecule has 6 nitrogen and oxygen atoms in total. The Morgan fingerprint density at radius 2 is 2.14 bits per heavy atom. The lowest BCUT2D eigenvalue weighted by atomic mass is 10.3. The molecule has 4 N–H and O–H groups in total. The van der Waals surface area contributed by atoms with Crippen molar-refractivity contribution >= 4 is 49.5 Å². The van der Waals surface area contributed by atoms with Crippen LogP contribution in [-0.2, 0) is 9.53 Å².